The number of hydrogen-bond donors (Lipinski definition) is 2. The molecule has 0 fully saturated rings. The van der Waals surface area contributed by atoms with Crippen molar-refractivity contribution in [1.29, 1.82) is 0 Å². The molecular weight excluding hydrogens is 266 g/mol. The fourth-order valence-corrected chi connectivity index (χ4v) is 3.24. The van der Waals surface area contributed by atoms with E-state index in [-0.39, 0.29) is 13.0 Å². The van der Waals surface area contributed by atoms with Crippen LogP contribution < -0.4 is 0 Å². The van der Waals surface area contributed by atoms with Crippen molar-refractivity contribution in [3.8, 4) is 0 Å². The molecule has 0 saturated carbocycles. The van der Waals surface area contributed by atoms with Gasteiger partial charge in [0.1, 0.15) is 0 Å². The third-order valence-corrected chi connectivity index (χ3v) is 4.22. The average Bonchev–Trinajstić information content (AvgIpc) is 2.50. The Labute approximate surface area is 126 Å². The quantitative estimate of drug-likeness (QED) is 0.773. The molecule has 0 bridgehead atoms. The molecule has 0 heterocycles. The lowest BCUT2D eigenvalue weighted by Crippen LogP contribution is -2.33. The van der Waals surface area contributed by atoms with Crippen molar-refractivity contribution in [3.05, 3.63) is 35.4 Å². The van der Waals surface area contributed by atoms with Crippen LogP contribution in [0.3, 0.4) is 0 Å². The molecular formula is C17H25NO3. The van der Waals surface area contributed by atoms with Crippen LogP contribution in [0, 0.1) is 0 Å². The largest absolute Gasteiger partial charge is 0.481 e. The van der Waals surface area contributed by atoms with Gasteiger partial charge in [-0.3, -0.25) is 9.69 Å². The summed E-state index contributed by atoms with van der Waals surface area (Å²) in [5, 5.41) is 17.9. The van der Waals surface area contributed by atoms with E-state index >= 15 is 0 Å². The lowest BCUT2D eigenvalue weighted by atomic mass is 9.86. The highest BCUT2D eigenvalue weighted by Crippen LogP contribution is 2.34. The van der Waals surface area contributed by atoms with E-state index < -0.39 is 5.97 Å². The summed E-state index contributed by atoms with van der Waals surface area (Å²) < 4.78 is 0. The zero-order valence-electron chi connectivity index (χ0n) is 12.5. The van der Waals surface area contributed by atoms with E-state index in [1.807, 2.05) is 0 Å². The summed E-state index contributed by atoms with van der Waals surface area (Å²) in [6, 6.07) is 8.93. The smallest absolute Gasteiger partial charge is 0.303 e. The molecule has 0 spiro atoms. The minimum absolute atomic E-state index is 0.184. The summed E-state index contributed by atoms with van der Waals surface area (Å²) >= 11 is 0. The first-order valence-corrected chi connectivity index (χ1v) is 7.87. The second-order valence-corrected chi connectivity index (χ2v) is 5.72. The van der Waals surface area contributed by atoms with E-state index in [1.165, 1.54) is 17.5 Å². The molecule has 1 aliphatic carbocycles. The third kappa shape index (κ3) is 4.55. The number of carboxylic acid groups (broad SMARTS) is 1. The Hall–Kier alpha value is -1.39. The van der Waals surface area contributed by atoms with E-state index in [0.717, 1.165) is 32.4 Å². The highest BCUT2D eigenvalue weighted by molar-refractivity contribution is 5.66. The van der Waals surface area contributed by atoms with Gasteiger partial charge in [-0.25, -0.2) is 0 Å². The van der Waals surface area contributed by atoms with Crippen molar-refractivity contribution >= 4 is 5.97 Å². The molecule has 21 heavy (non-hydrogen) atoms. The number of fused-ring (bicyclic) bond motifs is 1. The molecule has 2 N–H and O–H groups in total. The number of aliphatic hydroxyl groups is 1. The number of carbonyl (C=O) groups is 1. The minimum Gasteiger partial charge on any atom is -0.481 e. The minimum atomic E-state index is -0.735. The van der Waals surface area contributed by atoms with Crippen molar-refractivity contribution in [3.63, 3.8) is 0 Å². The molecule has 1 atom stereocenters. The van der Waals surface area contributed by atoms with Gasteiger partial charge in [0, 0.05) is 25.6 Å². The lowest BCUT2D eigenvalue weighted by molar-refractivity contribution is -0.137. The zero-order chi connectivity index (χ0) is 15.1. The van der Waals surface area contributed by atoms with Crippen LogP contribution in [0.4, 0.5) is 0 Å². The van der Waals surface area contributed by atoms with Crippen LogP contribution in [-0.2, 0) is 11.2 Å². The Kier molecular flexibility index (Phi) is 6.21. The molecule has 4 nitrogen and oxygen atoms in total. The number of benzene rings is 1. The number of hydrogen-bond acceptors (Lipinski definition) is 3. The van der Waals surface area contributed by atoms with E-state index in [9.17, 15) is 4.79 Å². The molecule has 116 valence electrons. The van der Waals surface area contributed by atoms with Gasteiger partial charge in [-0.1, -0.05) is 24.3 Å². The molecule has 0 amide bonds. The highest BCUT2D eigenvalue weighted by Gasteiger charge is 2.25. The predicted molar refractivity (Wildman–Crippen MR) is 82.3 cm³/mol. The number of aliphatic carboxylic acids is 1. The van der Waals surface area contributed by atoms with Crippen molar-refractivity contribution < 1.29 is 15.0 Å². The van der Waals surface area contributed by atoms with Gasteiger partial charge in [-0.05, 0) is 49.8 Å². The van der Waals surface area contributed by atoms with Crippen molar-refractivity contribution in [1.82, 2.24) is 4.90 Å². The number of nitrogens with zero attached hydrogens (tertiary/aromatic N) is 1. The predicted octanol–water partition coefficient (Wildman–Crippen LogP) is 2.61. The van der Waals surface area contributed by atoms with Gasteiger partial charge in [0.05, 0.1) is 0 Å². The van der Waals surface area contributed by atoms with Crippen LogP contribution in [0.1, 0.15) is 49.3 Å². The Morgan fingerprint density at radius 3 is 2.76 bits per heavy atom. The number of carboxylic acids is 1. The van der Waals surface area contributed by atoms with Crippen LogP contribution in [-0.4, -0.2) is 40.8 Å². The van der Waals surface area contributed by atoms with Crippen LogP contribution in [0.5, 0.6) is 0 Å². The van der Waals surface area contributed by atoms with Gasteiger partial charge in [-0.2, -0.15) is 0 Å². The molecule has 2 rings (SSSR count). The van der Waals surface area contributed by atoms with Crippen molar-refractivity contribution in [2.75, 3.05) is 19.7 Å². The Morgan fingerprint density at radius 2 is 2.00 bits per heavy atom. The van der Waals surface area contributed by atoms with Crippen LogP contribution >= 0.6 is 0 Å². The van der Waals surface area contributed by atoms with Crippen LogP contribution in [0.15, 0.2) is 24.3 Å². The molecule has 1 aliphatic rings. The molecule has 0 saturated heterocycles. The van der Waals surface area contributed by atoms with E-state index in [4.69, 9.17) is 10.2 Å². The first-order chi connectivity index (χ1) is 10.2. The lowest BCUT2D eigenvalue weighted by Gasteiger charge is -2.36. The van der Waals surface area contributed by atoms with Crippen molar-refractivity contribution in [2.45, 2.75) is 44.6 Å². The average molecular weight is 291 g/mol. The monoisotopic (exact) mass is 291 g/mol. The summed E-state index contributed by atoms with van der Waals surface area (Å²) in [6.45, 7) is 1.80. The topological polar surface area (TPSA) is 60.8 Å². The zero-order valence-corrected chi connectivity index (χ0v) is 12.5. The molecule has 0 aliphatic heterocycles. The second kappa shape index (κ2) is 8.15. The van der Waals surface area contributed by atoms with E-state index in [1.54, 1.807) is 0 Å². The number of rotatable bonds is 8. The van der Waals surface area contributed by atoms with Gasteiger partial charge in [0.15, 0.2) is 0 Å². The van der Waals surface area contributed by atoms with Crippen molar-refractivity contribution in [2.24, 2.45) is 0 Å². The SMILES string of the molecule is O=C(O)CCCN(CCCO)C1CCCc2ccccc21. The summed E-state index contributed by atoms with van der Waals surface area (Å²) in [4.78, 5) is 13.1. The number of aryl methyl sites for hydroxylation is 1. The summed E-state index contributed by atoms with van der Waals surface area (Å²) in [7, 11) is 0. The van der Waals surface area contributed by atoms with Gasteiger partial charge in [0.25, 0.3) is 0 Å². The fraction of sp³-hybridized carbons (Fsp3) is 0.588. The highest BCUT2D eigenvalue weighted by atomic mass is 16.4. The molecule has 0 aromatic heterocycles. The second-order valence-electron chi connectivity index (χ2n) is 5.72. The van der Waals surface area contributed by atoms with E-state index in [2.05, 4.69) is 29.2 Å². The normalized spacial score (nSPS) is 17.7. The van der Waals surface area contributed by atoms with Gasteiger partial charge >= 0.3 is 5.97 Å². The Morgan fingerprint density at radius 1 is 1.24 bits per heavy atom. The van der Waals surface area contributed by atoms with Gasteiger partial charge in [-0.15, -0.1) is 0 Å². The van der Waals surface area contributed by atoms with Crippen LogP contribution in [0.2, 0.25) is 0 Å². The van der Waals surface area contributed by atoms with Gasteiger partial charge < -0.3 is 10.2 Å². The maximum atomic E-state index is 10.7. The third-order valence-electron chi connectivity index (χ3n) is 4.22. The Balaban J connectivity index is 2.07. The number of aliphatic hydroxyl groups excluding tert-OH is 1. The van der Waals surface area contributed by atoms with Gasteiger partial charge in [0.2, 0.25) is 0 Å². The van der Waals surface area contributed by atoms with E-state index in [0.29, 0.717) is 12.5 Å². The fourth-order valence-electron chi connectivity index (χ4n) is 3.24. The summed E-state index contributed by atoms with van der Waals surface area (Å²) in [5.74, 6) is -0.735. The maximum absolute atomic E-state index is 10.7. The maximum Gasteiger partial charge on any atom is 0.303 e. The molecule has 1 aromatic rings. The Bertz CT molecular complexity index is 461. The van der Waals surface area contributed by atoms with Crippen LogP contribution in [0.25, 0.3) is 0 Å². The molecule has 0 radical (unpaired) electrons. The molecule has 1 unspecified atom stereocenters. The first-order valence-electron chi connectivity index (χ1n) is 7.87. The standard InChI is InChI=1S/C17H25NO3/c19-13-5-12-18(11-4-10-17(20)21)16-9-3-7-14-6-1-2-8-15(14)16/h1-2,6,8,16,19H,3-5,7,9-13H2,(H,20,21). The molecule has 1 aromatic carbocycles. The molecule has 4 heteroatoms. The summed E-state index contributed by atoms with van der Waals surface area (Å²) in [5.41, 5.74) is 2.80. The first kappa shape index (κ1) is 16.0. The summed E-state index contributed by atoms with van der Waals surface area (Å²) in [6.07, 6.45) is 5.05.